The van der Waals surface area contributed by atoms with E-state index in [4.69, 9.17) is 9.26 Å². The summed E-state index contributed by atoms with van der Waals surface area (Å²) in [5, 5.41) is 13.7. The number of aromatic nitrogens is 2. The van der Waals surface area contributed by atoms with E-state index in [9.17, 15) is 23.1 Å². The second-order valence-corrected chi connectivity index (χ2v) is 11.4. The maximum absolute atomic E-state index is 15.1. The van der Waals surface area contributed by atoms with Crippen LogP contribution in [0, 0.1) is 17.7 Å². The van der Waals surface area contributed by atoms with Crippen molar-refractivity contribution in [2.45, 2.75) is 44.3 Å². The molecule has 4 aliphatic rings. The van der Waals surface area contributed by atoms with Crippen molar-refractivity contribution in [3.63, 3.8) is 0 Å². The lowest BCUT2D eigenvalue weighted by molar-refractivity contribution is -0.274. The number of carbonyl (C=O) groups is 1. The van der Waals surface area contributed by atoms with Gasteiger partial charge in [-0.3, -0.25) is 0 Å². The van der Waals surface area contributed by atoms with Crippen molar-refractivity contribution in [1.82, 2.24) is 9.72 Å². The number of hydrogen-bond acceptors (Lipinski definition) is 6. The van der Waals surface area contributed by atoms with Crippen LogP contribution in [0.1, 0.15) is 46.9 Å². The van der Waals surface area contributed by atoms with Crippen molar-refractivity contribution in [3.8, 4) is 17.0 Å². The number of halogens is 4. The fraction of sp³-hybridized carbons (Fsp3) is 0.400. The molecule has 4 heterocycles. The lowest BCUT2D eigenvalue weighted by Gasteiger charge is -2.53. The minimum absolute atomic E-state index is 0.0695. The van der Waals surface area contributed by atoms with Gasteiger partial charge in [0.15, 0.2) is 0 Å². The number of rotatable bonds is 8. The van der Waals surface area contributed by atoms with Gasteiger partial charge in [0.25, 0.3) is 0 Å². The number of benzene rings is 2. The first-order valence-electron chi connectivity index (χ1n) is 13.8. The van der Waals surface area contributed by atoms with E-state index in [1.807, 2.05) is 6.07 Å². The number of fused-ring (bicyclic) bond motifs is 3. The van der Waals surface area contributed by atoms with Crippen LogP contribution in [0.15, 0.2) is 47.1 Å². The predicted octanol–water partition coefficient (Wildman–Crippen LogP) is 6.49. The molecule has 0 radical (unpaired) electrons. The highest BCUT2D eigenvalue weighted by atomic mass is 19.4. The lowest BCUT2D eigenvalue weighted by atomic mass is 9.68. The molecule has 2 saturated carbocycles. The molecule has 2 aromatic carbocycles. The number of carboxylic acid groups (broad SMARTS) is 1. The second kappa shape index (κ2) is 9.75. The van der Waals surface area contributed by atoms with Crippen molar-refractivity contribution in [2.75, 3.05) is 18.0 Å². The maximum Gasteiger partial charge on any atom is 0.573 e. The molecule has 2 unspecified atom stereocenters. The summed E-state index contributed by atoms with van der Waals surface area (Å²) in [7, 11) is 1.69. The van der Waals surface area contributed by atoms with Crippen LogP contribution in [0.4, 0.5) is 23.2 Å². The van der Waals surface area contributed by atoms with Crippen LogP contribution < -0.4 is 9.64 Å². The first kappa shape index (κ1) is 26.8. The number of piperidine rings is 2. The third kappa shape index (κ3) is 4.67. The van der Waals surface area contributed by atoms with Gasteiger partial charge in [0, 0.05) is 60.9 Å². The first-order valence-corrected chi connectivity index (χ1v) is 13.8. The Morgan fingerprint density at radius 3 is 2.60 bits per heavy atom. The van der Waals surface area contributed by atoms with Gasteiger partial charge in [-0.1, -0.05) is 17.3 Å². The van der Waals surface area contributed by atoms with Crippen molar-refractivity contribution >= 4 is 22.6 Å². The molecule has 8 rings (SSSR count). The molecule has 4 aromatic rings. The zero-order valence-electron chi connectivity index (χ0n) is 22.5. The molecule has 2 saturated heterocycles. The van der Waals surface area contributed by atoms with Gasteiger partial charge in [-0.05, 0) is 43.5 Å². The summed E-state index contributed by atoms with van der Waals surface area (Å²) < 4.78 is 72.3. The number of ether oxygens (including phenoxy) is 2. The van der Waals surface area contributed by atoms with E-state index in [1.165, 1.54) is 30.5 Å². The molecule has 12 heteroatoms. The fourth-order valence-electron chi connectivity index (χ4n) is 6.52. The number of carboxylic acids is 1. The molecule has 220 valence electrons. The van der Waals surface area contributed by atoms with E-state index in [1.54, 1.807) is 17.7 Å². The Labute approximate surface area is 237 Å². The average Bonchev–Trinajstić information content (AvgIpc) is 3.61. The molecule has 4 fully saturated rings. The van der Waals surface area contributed by atoms with Crippen LogP contribution in [-0.2, 0) is 18.4 Å². The normalized spacial score (nSPS) is 21.9. The summed E-state index contributed by atoms with van der Waals surface area (Å²) in [5.74, 6) is -0.932. The Morgan fingerprint density at radius 2 is 1.90 bits per heavy atom. The molecule has 2 aliphatic carbocycles. The van der Waals surface area contributed by atoms with Gasteiger partial charge < -0.3 is 28.6 Å². The fourth-order valence-corrected chi connectivity index (χ4v) is 6.52. The Hall–Kier alpha value is -4.06. The van der Waals surface area contributed by atoms with Crippen LogP contribution in [0.25, 0.3) is 22.2 Å². The Bertz CT molecular complexity index is 1680. The minimum atomic E-state index is -4.85. The van der Waals surface area contributed by atoms with E-state index < -0.39 is 18.1 Å². The summed E-state index contributed by atoms with van der Waals surface area (Å²) in [6.45, 7) is 1.41. The van der Waals surface area contributed by atoms with Crippen molar-refractivity contribution in [2.24, 2.45) is 18.9 Å². The predicted molar refractivity (Wildman–Crippen MR) is 143 cm³/mol. The van der Waals surface area contributed by atoms with Crippen LogP contribution in [-0.4, -0.2) is 46.4 Å². The largest absolute Gasteiger partial charge is 0.573 e. The van der Waals surface area contributed by atoms with E-state index in [0.717, 1.165) is 19.3 Å². The average molecular weight is 586 g/mol. The zero-order valence-corrected chi connectivity index (χ0v) is 22.5. The van der Waals surface area contributed by atoms with Gasteiger partial charge in [-0.15, -0.1) is 13.2 Å². The van der Waals surface area contributed by atoms with Gasteiger partial charge in [0.05, 0.1) is 29.2 Å². The quantitative estimate of drug-likeness (QED) is 0.237. The molecular formula is C30H27F4N3O5. The van der Waals surface area contributed by atoms with Crippen LogP contribution in [0.2, 0.25) is 0 Å². The van der Waals surface area contributed by atoms with E-state index in [-0.39, 0.29) is 58.4 Å². The number of hydrogen-bond donors (Lipinski definition) is 1. The molecule has 42 heavy (non-hydrogen) atoms. The molecule has 1 N–H and O–H groups in total. The highest BCUT2D eigenvalue weighted by molar-refractivity contribution is 6.04. The monoisotopic (exact) mass is 585 g/mol. The van der Waals surface area contributed by atoms with Gasteiger partial charge in [-0.2, -0.15) is 0 Å². The number of alkyl halides is 3. The summed E-state index contributed by atoms with van der Waals surface area (Å²) in [6.07, 6.45) is -0.714. The summed E-state index contributed by atoms with van der Waals surface area (Å²) >= 11 is 0. The van der Waals surface area contributed by atoms with Gasteiger partial charge in [0.2, 0.25) is 0 Å². The molecule has 2 atom stereocenters. The van der Waals surface area contributed by atoms with E-state index >= 15 is 4.39 Å². The topological polar surface area (TPSA) is 90.0 Å². The van der Waals surface area contributed by atoms with Gasteiger partial charge >= 0.3 is 12.3 Å². The molecule has 0 amide bonds. The third-order valence-electron chi connectivity index (χ3n) is 8.62. The summed E-state index contributed by atoms with van der Waals surface area (Å²) in [5.41, 5.74) is 2.24. The minimum Gasteiger partial charge on any atom is -0.478 e. The third-order valence-corrected chi connectivity index (χ3v) is 8.62. The standard InChI is InChI=1S/C30H27F4N3O5/c1-36-13-20(29(38)39)25-22(31)9-18(10-23(25)36)37-11-16-8-17(12-37)27(16)40-14-21-26(35-42-28(21)15-6-7-15)19-4-2-3-5-24(19)41-30(32,33)34/h2-5,9-10,13,15-17,27H,6-8,11-12,14H2,1H3,(H,38,39). The Balaban J connectivity index is 1.09. The van der Waals surface area contributed by atoms with Crippen LogP contribution in [0.5, 0.6) is 5.75 Å². The summed E-state index contributed by atoms with van der Waals surface area (Å²) in [6, 6.07) is 9.08. The van der Waals surface area contributed by atoms with E-state index in [0.29, 0.717) is 35.6 Å². The molecule has 2 aliphatic heterocycles. The van der Waals surface area contributed by atoms with Crippen molar-refractivity contribution in [1.29, 1.82) is 0 Å². The molecule has 2 aromatic heterocycles. The molecule has 0 spiro atoms. The van der Waals surface area contributed by atoms with Gasteiger partial charge in [-0.25, -0.2) is 9.18 Å². The highest BCUT2D eigenvalue weighted by Crippen LogP contribution is 2.48. The molecule has 8 nitrogen and oxygen atoms in total. The van der Waals surface area contributed by atoms with Crippen molar-refractivity contribution in [3.05, 3.63) is 65.3 Å². The smallest absolute Gasteiger partial charge is 0.478 e. The van der Waals surface area contributed by atoms with E-state index in [2.05, 4.69) is 14.8 Å². The molecule has 2 bridgehead atoms. The van der Waals surface area contributed by atoms with Crippen LogP contribution >= 0.6 is 0 Å². The molecular weight excluding hydrogens is 558 g/mol. The Morgan fingerprint density at radius 1 is 1.17 bits per heavy atom. The zero-order chi connectivity index (χ0) is 29.3. The summed E-state index contributed by atoms with van der Waals surface area (Å²) in [4.78, 5) is 13.7. The van der Waals surface area contributed by atoms with Gasteiger partial charge in [0.1, 0.15) is 23.0 Å². The lowest BCUT2D eigenvalue weighted by Crippen LogP contribution is -2.59. The second-order valence-electron chi connectivity index (χ2n) is 11.4. The SMILES string of the molecule is Cn1cc(C(=O)O)c2c(F)cc(N3CC4CC(C3)C4OCc3c(-c4ccccc4OC(F)(F)F)noc3C3CC3)cc21. The number of aryl methyl sites for hydroxylation is 1. The number of nitrogens with zero attached hydrogens (tertiary/aromatic N) is 3. The number of aromatic carboxylic acids is 1. The maximum atomic E-state index is 15.1. The highest BCUT2D eigenvalue weighted by Gasteiger charge is 2.48. The van der Waals surface area contributed by atoms with Crippen molar-refractivity contribution < 1.29 is 41.5 Å². The first-order chi connectivity index (χ1) is 20.1. The number of anilines is 1. The number of para-hydroxylation sites is 1. The Kier molecular flexibility index (Phi) is 6.23. The van der Waals surface area contributed by atoms with Crippen LogP contribution in [0.3, 0.4) is 0 Å².